The smallest absolute Gasteiger partial charge is 0.323 e. The van der Waals surface area contributed by atoms with Crippen LogP contribution in [0.2, 0.25) is 0 Å². The lowest BCUT2D eigenvalue weighted by Gasteiger charge is -2.26. The Bertz CT molecular complexity index is 960. The summed E-state index contributed by atoms with van der Waals surface area (Å²) in [4.78, 5) is 26.3. The van der Waals surface area contributed by atoms with Crippen molar-refractivity contribution in [2.45, 2.75) is 64.1 Å². The largest absolute Gasteiger partial charge is 0.496 e. The molecule has 3 rings (SSSR count). The van der Waals surface area contributed by atoms with Crippen molar-refractivity contribution < 1.29 is 24.5 Å². The predicted molar refractivity (Wildman–Crippen MR) is 132 cm³/mol. The van der Waals surface area contributed by atoms with Gasteiger partial charge in [-0.05, 0) is 55.4 Å². The van der Waals surface area contributed by atoms with Crippen molar-refractivity contribution in [3.8, 4) is 5.75 Å². The third-order valence-corrected chi connectivity index (χ3v) is 6.57. The van der Waals surface area contributed by atoms with Crippen LogP contribution in [0.1, 0.15) is 56.6 Å². The van der Waals surface area contributed by atoms with Gasteiger partial charge >= 0.3 is 5.97 Å². The summed E-state index contributed by atoms with van der Waals surface area (Å²) >= 11 is 0. The van der Waals surface area contributed by atoms with Crippen LogP contribution in [0, 0.1) is 5.92 Å². The maximum absolute atomic E-state index is 13.4. The highest BCUT2D eigenvalue weighted by Gasteiger charge is 2.32. The van der Waals surface area contributed by atoms with Crippen LogP contribution in [0.25, 0.3) is 0 Å². The summed E-state index contributed by atoms with van der Waals surface area (Å²) in [5.41, 5.74) is 2.96. The number of rotatable bonds is 9. The summed E-state index contributed by atoms with van der Waals surface area (Å²) in [6.45, 7) is 4.09. The fourth-order valence-electron chi connectivity index (χ4n) is 4.56. The van der Waals surface area contributed by atoms with E-state index in [1.807, 2.05) is 30.3 Å². The first kappa shape index (κ1) is 25.6. The Hall–Kier alpha value is -3.06. The van der Waals surface area contributed by atoms with E-state index >= 15 is 0 Å². The van der Waals surface area contributed by atoms with Gasteiger partial charge in [-0.2, -0.15) is 0 Å². The van der Waals surface area contributed by atoms with E-state index in [-0.39, 0.29) is 31.0 Å². The summed E-state index contributed by atoms with van der Waals surface area (Å²) in [5.74, 6) is -0.508. The Morgan fingerprint density at radius 2 is 1.74 bits per heavy atom. The number of carboxylic acid groups (broad SMARTS) is 1. The van der Waals surface area contributed by atoms with Gasteiger partial charge in [-0.15, -0.1) is 0 Å². The van der Waals surface area contributed by atoms with Crippen molar-refractivity contribution in [2.24, 2.45) is 5.92 Å². The number of nitrogens with one attached hydrogen (secondary N) is 1. The average Bonchev–Trinajstić information content (AvgIpc) is 3.00. The van der Waals surface area contributed by atoms with Crippen molar-refractivity contribution in [1.29, 1.82) is 0 Å². The summed E-state index contributed by atoms with van der Waals surface area (Å²) in [6.07, 6.45) is 1.63. The Balaban J connectivity index is 1.68. The summed E-state index contributed by atoms with van der Waals surface area (Å²) in [5, 5.41) is 23.6. The molecule has 0 spiro atoms. The molecule has 1 amide bonds. The zero-order valence-electron chi connectivity index (χ0n) is 20.2. The van der Waals surface area contributed by atoms with Crippen molar-refractivity contribution in [2.75, 3.05) is 19.0 Å². The zero-order chi connectivity index (χ0) is 24.7. The third kappa shape index (κ3) is 6.73. The molecular weight excluding hydrogens is 432 g/mol. The van der Waals surface area contributed by atoms with Crippen LogP contribution < -0.4 is 10.1 Å². The fraction of sp³-hybridized carbons (Fsp3) is 0.481. The second-order valence-electron chi connectivity index (χ2n) is 9.35. The molecule has 0 unspecified atom stereocenters. The number of carbonyl (C=O) groups excluding carboxylic acids is 1. The molecule has 0 heterocycles. The van der Waals surface area contributed by atoms with Crippen LogP contribution in [-0.2, 0) is 16.1 Å². The average molecular weight is 469 g/mol. The number of para-hydroxylation sites is 1. The first-order valence-electron chi connectivity index (χ1n) is 12.0. The topological polar surface area (TPSA) is 99.1 Å². The number of methoxy groups -OCH3 is 1. The number of aliphatic carboxylic acids is 1. The molecule has 1 saturated carbocycles. The Morgan fingerprint density at radius 3 is 2.38 bits per heavy atom. The molecule has 1 aliphatic carbocycles. The first-order valence-corrected chi connectivity index (χ1v) is 12.0. The number of aliphatic hydroxyl groups excluding tert-OH is 1. The highest BCUT2D eigenvalue weighted by molar-refractivity contribution is 5.83. The Morgan fingerprint density at radius 1 is 1.06 bits per heavy atom. The van der Waals surface area contributed by atoms with Crippen LogP contribution in [-0.4, -0.2) is 52.8 Å². The first-order chi connectivity index (χ1) is 16.3. The molecule has 0 bridgehead atoms. The molecule has 0 saturated heterocycles. The van der Waals surface area contributed by atoms with Gasteiger partial charge in [0.1, 0.15) is 12.3 Å². The molecule has 7 heteroatoms. The van der Waals surface area contributed by atoms with E-state index in [4.69, 9.17) is 4.74 Å². The van der Waals surface area contributed by atoms with E-state index in [1.54, 1.807) is 13.2 Å². The lowest BCUT2D eigenvalue weighted by molar-refractivity contribution is -0.147. The molecule has 0 radical (unpaired) electrons. The molecule has 3 atom stereocenters. The van der Waals surface area contributed by atoms with E-state index in [2.05, 4.69) is 31.3 Å². The van der Waals surface area contributed by atoms with Gasteiger partial charge in [0.2, 0.25) is 5.91 Å². The lowest BCUT2D eigenvalue weighted by Crippen LogP contribution is -2.39. The number of hydrogen-bond donors (Lipinski definition) is 3. The molecule has 3 N–H and O–H groups in total. The summed E-state index contributed by atoms with van der Waals surface area (Å²) in [7, 11) is 1.55. The van der Waals surface area contributed by atoms with Crippen LogP contribution in [0.15, 0.2) is 48.5 Å². The second-order valence-corrected chi connectivity index (χ2v) is 9.35. The highest BCUT2D eigenvalue weighted by atomic mass is 16.5. The number of nitrogens with zero attached hydrogens (tertiary/aromatic N) is 1. The zero-order valence-corrected chi connectivity index (χ0v) is 20.2. The predicted octanol–water partition coefficient (Wildman–Crippen LogP) is 4.26. The number of carboxylic acids is 1. The molecule has 1 aliphatic rings. The molecule has 7 nitrogen and oxygen atoms in total. The number of hydrogen-bond acceptors (Lipinski definition) is 5. The van der Waals surface area contributed by atoms with Crippen molar-refractivity contribution in [3.05, 3.63) is 59.7 Å². The van der Waals surface area contributed by atoms with Crippen molar-refractivity contribution in [3.63, 3.8) is 0 Å². The molecule has 2 aromatic carbocycles. The molecule has 34 heavy (non-hydrogen) atoms. The minimum atomic E-state index is -1.05. The van der Waals surface area contributed by atoms with Crippen LogP contribution in [0.5, 0.6) is 5.75 Å². The quantitative estimate of drug-likeness (QED) is 0.476. The van der Waals surface area contributed by atoms with Gasteiger partial charge in [0.15, 0.2) is 0 Å². The lowest BCUT2D eigenvalue weighted by atomic mass is 9.98. The Kier molecular flexibility index (Phi) is 8.93. The Labute approximate surface area is 201 Å². The molecule has 1 fully saturated rings. The SMILES string of the molecule is COc1ccccc1CN(CC(=O)O)C(=O)[C@@H]1CC[C@H](Nc2ccc(C(C)C)cc2)[C@@H](O)CC1. The third-order valence-electron chi connectivity index (χ3n) is 6.57. The normalized spacial score (nSPS) is 20.4. The number of ether oxygens (including phenoxy) is 1. The van der Waals surface area contributed by atoms with Crippen molar-refractivity contribution >= 4 is 17.6 Å². The molecule has 2 aromatic rings. The maximum atomic E-state index is 13.4. The van der Waals surface area contributed by atoms with Crippen molar-refractivity contribution in [1.82, 2.24) is 4.90 Å². The second kappa shape index (κ2) is 11.9. The molecule has 184 valence electrons. The van der Waals surface area contributed by atoms with Gasteiger partial charge in [-0.25, -0.2) is 0 Å². The van der Waals surface area contributed by atoms with Crippen LogP contribution in [0.3, 0.4) is 0 Å². The number of carbonyl (C=O) groups is 2. The van der Waals surface area contributed by atoms with Crippen LogP contribution in [0.4, 0.5) is 5.69 Å². The number of benzene rings is 2. The van der Waals surface area contributed by atoms with Gasteiger partial charge in [-0.1, -0.05) is 44.2 Å². The fourth-order valence-corrected chi connectivity index (χ4v) is 4.56. The minimum Gasteiger partial charge on any atom is -0.496 e. The van der Waals surface area contributed by atoms with E-state index in [9.17, 15) is 19.8 Å². The molecule has 0 aromatic heterocycles. The van der Waals surface area contributed by atoms with E-state index < -0.39 is 12.1 Å². The standard InChI is InChI=1S/C27H36N2O5/c1-18(2)19-8-12-22(13-9-19)28-23-14-10-20(11-15-24(23)30)27(33)29(17-26(31)32)16-21-6-4-5-7-25(21)34-3/h4-9,12-13,18,20,23-24,28,30H,10-11,14-17H2,1-3H3,(H,31,32)/t20-,23+,24+/m1/s1. The van der Waals surface area contributed by atoms with Crippen LogP contribution >= 0.6 is 0 Å². The van der Waals surface area contributed by atoms with Gasteiger partial charge in [0.05, 0.1) is 19.3 Å². The van der Waals surface area contributed by atoms with Gasteiger partial charge in [0, 0.05) is 23.7 Å². The molecule has 0 aliphatic heterocycles. The monoisotopic (exact) mass is 468 g/mol. The van der Waals surface area contributed by atoms with E-state index in [0.29, 0.717) is 37.4 Å². The highest BCUT2D eigenvalue weighted by Crippen LogP contribution is 2.29. The molecular formula is C27H36N2O5. The van der Waals surface area contributed by atoms with Gasteiger partial charge in [-0.3, -0.25) is 9.59 Å². The van der Waals surface area contributed by atoms with Gasteiger partial charge in [0.25, 0.3) is 0 Å². The number of anilines is 1. The van der Waals surface area contributed by atoms with Gasteiger partial charge < -0.3 is 25.2 Å². The summed E-state index contributed by atoms with van der Waals surface area (Å²) in [6, 6.07) is 15.4. The maximum Gasteiger partial charge on any atom is 0.323 e. The minimum absolute atomic E-state index is 0.162. The van der Waals surface area contributed by atoms with E-state index in [1.165, 1.54) is 10.5 Å². The van der Waals surface area contributed by atoms with E-state index in [0.717, 1.165) is 11.3 Å². The summed E-state index contributed by atoms with van der Waals surface area (Å²) < 4.78 is 5.37. The number of amides is 1. The number of aliphatic hydroxyl groups is 1.